The number of hydrogen-bond donors (Lipinski definition) is 1. The SMILES string of the molecule is NC(=O)[C@@H]1CN(S(=O)(=O)c2ccc([N+](=O)[O-])cc2)c2ccccc21. The summed E-state index contributed by atoms with van der Waals surface area (Å²) in [4.78, 5) is 21.6. The van der Waals surface area contributed by atoms with E-state index in [0.29, 0.717) is 11.3 Å². The predicted octanol–water partition coefficient (Wildman–Crippen LogP) is 1.37. The quantitative estimate of drug-likeness (QED) is 0.661. The molecule has 9 heteroatoms. The summed E-state index contributed by atoms with van der Waals surface area (Å²) in [6, 6.07) is 11.2. The van der Waals surface area contributed by atoms with Crippen molar-refractivity contribution in [3.05, 3.63) is 64.2 Å². The van der Waals surface area contributed by atoms with E-state index in [1.807, 2.05) is 0 Å². The van der Waals surface area contributed by atoms with Crippen LogP contribution in [0.1, 0.15) is 11.5 Å². The molecule has 1 aliphatic rings. The van der Waals surface area contributed by atoms with Gasteiger partial charge in [0.25, 0.3) is 15.7 Å². The minimum Gasteiger partial charge on any atom is -0.369 e. The monoisotopic (exact) mass is 347 g/mol. The van der Waals surface area contributed by atoms with Gasteiger partial charge in [0.1, 0.15) is 0 Å². The van der Waals surface area contributed by atoms with E-state index >= 15 is 0 Å². The van der Waals surface area contributed by atoms with Crippen molar-refractivity contribution in [2.24, 2.45) is 5.73 Å². The van der Waals surface area contributed by atoms with Crippen LogP contribution in [0, 0.1) is 10.1 Å². The fraction of sp³-hybridized carbons (Fsp3) is 0.133. The second-order valence-corrected chi connectivity index (χ2v) is 7.16. The van der Waals surface area contributed by atoms with Crippen molar-refractivity contribution in [2.45, 2.75) is 10.8 Å². The van der Waals surface area contributed by atoms with E-state index in [-0.39, 0.29) is 17.1 Å². The molecule has 0 radical (unpaired) electrons. The molecule has 24 heavy (non-hydrogen) atoms. The molecule has 1 atom stereocenters. The molecule has 1 heterocycles. The van der Waals surface area contributed by atoms with Crippen molar-refractivity contribution in [3.63, 3.8) is 0 Å². The number of non-ortho nitro benzene ring substituents is 1. The smallest absolute Gasteiger partial charge is 0.269 e. The highest BCUT2D eigenvalue weighted by atomic mass is 32.2. The van der Waals surface area contributed by atoms with Gasteiger partial charge in [0, 0.05) is 12.1 Å². The lowest BCUT2D eigenvalue weighted by Crippen LogP contribution is -2.33. The Hall–Kier alpha value is -2.94. The van der Waals surface area contributed by atoms with Gasteiger partial charge in [0.05, 0.1) is 28.0 Å². The first-order valence-electron chi connectivity index (χ1n) is 6.98. The van der Waals surface area contributed by atoms with Crippen LogP contribution in [-0.2, 0) is 14.8 Å². The molecular formula is C15H13N3O5S. The maximum atomic E-state index is 12.9. The molecule has 2 aromatic carbocycles. The number of carbonyl (C=O) groups excluding carboxylic acids is 1. The van der Waals surface area contributed by atoms with Gasteiger partial charge in [0.2, 0.25) is 5.91 Å². The zero-order chi connectivity index (χ0) is 17.5. The van der Waals surface area contributed by atoms with Crippen LogP contribution in [0.25, 0.3) is 0 Å². The van der Waals surface area contributed by atoms with E-state index in [2.05, 4.69) is 0 Å². The maximum absolute atomic E-state index is 12.9. The first-order chi connectivity index (χ1) is 11.3. The highest BCUT2D eigenvalue weighted by Crippen LogP contribution is 2.39. The molecule has 0 bridgehead atoms. The second kappa shape index (κ2) is 5.60. The van der Waals surface area contributed by atoms with Crippen LogP contribution in [0.5, 0.6) is 0 Å². The summed E-state index contributed by atoms with van der Waals surface area (Å²) in [5, 5.41) is 10.7. The third kappa shape index (κ3) is 2.48. The number of carbonyl (C=O) groups is 1. The normalized spacial score (nSPS) is 16.7. The average molecular weight is 347 g/mol. The Bertz CT molecular complexity index is 924. The van der Waals surface area contributed by atoms with Gasteiger partial charge in [-0.25, -0.2) is 8.42 Å². The summed E-state index contributed by atoms with van der Waals surface area (Å²) in [5.74, 6) is -1.34. The van der Waals surface area contributed by atoms with Gasteiger partial charge in [-0.3, -0.25) is 19.2 Å². The van der Waals surface area contributed by atoms with Gasteiger partial charge >= 0.3 is 0 Å². The number of nitrogens with zero attached hydrogens (tertiary/aromatic N) is 2. The number of fused-ring (bicyclic) bond motifs is 1. The first-order valence-corrected chi connectivity index (χ1v) is 8.42. The number of sulfonamides is 1. The van der Waals surface area contributed by atoms with Crippen molar-refractivity contribution >= 4 is 27.3 Å². The molecule has 0 saturated heterocycles. The predicted molar refractivity (Wildman–Crippen MR) is 86.0 cm³/mol. The summed E-state index contributed by atoms with van der Waals surface area (Å²) >= 11 is 0. The van der Waals surface area contributed by atoms with Crippen molar-refractivity contribution in [1.82, 2.24) is 0 Å². The Labute approximate surface area is 137 Å². The number of hydrogen-bond acceptors (Lipinski definition) is 5. The van der Waals surface area contributed by atoms with Crippen LogP contribution in [0.4, 0.5) is 11.4 Å². The number of benzene rings is 2. The summed E-state index contributed by atoms with van der Waals surface area (Å²) in [5.41, 5.74) is 6.11. The number of nitrogens with two attached hydrogens (primary N) is 1. The van der Waals surface area contributed by atoms with E-state index in [0.717, 1.165) is 16.4 Å². The van der Waals surface area contributed by atoms with E-state index in [4.69, 9.17) is 5.73 Å². The number of nitro groups is 1. The molecule has 0 spiro atoms. The highest BCUT2D eigenvalue weighted by molar-refractivity contribution is 7.92. The van der Waals surface area contributed by atoms with E-state index in [1.165, 1.54) is 12.1 Å². The molecule has 0 unspecified atom stereocenters. The van der Waals surface area contributed by atoms with Crippen LogP contribution < -0.4 is 10.0 Å². The summed E-state index contributed by atoms with van der Waals surface area (Å²) in [7, 11) is -3.96. The molecule has 124 valence electrons. The number of primary amides is 1. The van der Waals surface area contributed by atoms with Crippen LogP contribution in [-0.4, -0.2) is 25.8 Å². The lowest BCUT2D eigenvalue weighted by molar-refractivity contribution is -0.384. The lowest BCUT2D eigenvalue weighted by Gasteiger charge is -2.19. The fourth-order valence-electron chi connectivity index (χ4n) is 2.71. The van der Waals surface area contributed by atoms with Gasteiger partial charge in [0.15, 0.2) is 0 Å². The molecular weight excluding hydrogens is 334 g/mol. The molecule has 0 saturated carbocycles. The fourth-order valence-corrected chi connectivity index (χ4v) is 4.21. The minimum atomic E-state index is -3.96. The molecule has 0 aromatic heterocycles. The molecule has 8 nitrogen and oxygen atoms in total. The Morgan fingerprint density at radius 1 is 1.17 bits per heavy atom. The lowest BCUT2D eigenvalue weighted by atomic mass is 10.0. The van der Waals surface area contributed by atoms with E-state index in [9.17, 15) is 23.3 Å². The van der Waals surface area contributed by atoms with E-state index < -0.39 is 26.8 Å². The Morgan fingerprint density at radius 2 is 1.79 bits per heavy atom. The average Bonchev–Trinajstić information content (AvgIpc) is 2.95. The van der Waals surface area contributed by atoms with Gasteiger partial charge < -0.3 is 5.73 Å². The summed E-state index contributed by atoms with van der Waals surface area (Å²) in [6.07, 6.45) is 0. The topological polar surface area (TPSA) is 124 Å². The van der Waals surface area contributed by atoms with Crippen LogP contribution in [0.15, 0.2) is 53.4 Å². The standard InChI is InChI=1S/C15H13N3O5S/c16-15(19)13-9-17(14-4-2-1-3-12(13)14)24(22,23)11-7-5-10(6-8-11)18(20)21/h1-8,13H,9H2,(H2,16,19)/t13-/m1/s1. The second-order valence-electron chi connectivity index (χ2n) is 5.30. The number of amides is 1. The Balaban J connectivity index is 2.04. The minimum absolute atomic E-state index is 0.0893. The van der Waals surface area contributed by atoms with E-state index in [1.54, 1.807) is 24.3 Å². The Kier molecular flexibility index (Phi) is 3.72. The molecule has 2 aromatic rings. The Morgan fingerprint density at radius 3 is 2.38 bits per heavy atom. The van der Waals surface area contributed by atoms with Gasteiger partial charge in [-0.15, -0.1) is 0 Å². The van der Waals surface area contributed by atoms with Crippen molar-refractivity contribution in [1.29, 1.82) is 0 Å². The largest absolute Gasteiger partial charge is 0.369 e. The van der Waals surface area contributed by atoms with Gasteiger partial charge in [-0.1, -0.05) is 18.2 Å². The molecule has 3 rings (SSSR count). The molecule has 0 aliphatic carbocycles. The zero-order valence-corrected chi connectivity index (χ0v) is 13.1. The summed E-state index contributed by atoms with van der Waals surface area (Å²) in [6.45, 7) is -0.0893. The summed E-state index contributed by atoms with van der Waals surface area (Å²) < 4.78 is 26.8. The third-order valence-corrected chi connectivity index (χ3v) is 5.70. The number of rotatable bonds is 4. The van der Waals surface area contributed by atoms with Crippen molar-refractivity contribution in [3.8, 4) is 0 Å². The molecule has 1 aliphatic heterocycles. The number of nitro benzene ring substituents is 1. The third-order valence-electron chi connectivity index (χ3n) is 3.91. The van der Waals surface area contributed by atoms with Gasteiger partial charge in [-0.05, 0) is 23.8 Å². The van der Waals surface area contributed by atoms with Crippen LogP contribution >= 0.6 is 0 Å². The number of para-hydroxylation sites is 1. The molecule has 1 amide bonds. The molecule has 2 N–H and O–H groups in total. The number of anilines is 1. The molecule has 0 fully saturated rings. The van der Waals surface area contributed by atoms with Crippen molar-refractivity contribution < 1.29 is 18.1 Å². The van der Waals surface area contributed by atoms with Crippen molar-refractivity contribution in [2.75, 3.05) is 10.8 Å². The first kappa shape index (κ1) is 15.9. The maximum Gasteiger partial charge on any atom is 0.269 e. The van der Waals surface area contributed by atoms with Gasteiger partial charge in [-0.2, -0.15) is 0 Å². The van der Waals surface area contributed by atoms with Crippen LogP contribution in [0.3, 0.4) is 0 Å². The van der Waals surface area contributed by atoms with Crippen LogP contribution in [0.2, 0.25) is 0 Å². The zero-order valence-electron chi connectivity index (χ0n) is 12.3. The highest BCUT2D eigenvalue weighted by Gasteiger charge is 2.38.